The zero-order valence-electron chi connectivity index (χ0n) is 11.1. The fourth-order valence-electron chi connectivity index (χ4n) is 2.32. The van der Waals surface area contributed by atoms with Crippen LogP contribution in [0, 0.1) is 5.82 Å². The molecule has 0 atom stereocenters. The summed E-state index contributed by atoms with van der Waals surface area (Å²) in [4.78, 5) is 15.6. The van der Waals surface area contributed by atoms with Gasteiger partial charge in [-0.3, -0.25) is 4.79 Å². The Hall–Kier alpha value is -2.33. The standard InChI is InChI=1S/C16H11ClFNO2/c1-21-14-4-2-3-13-15(14)11(8-19-13)16(20)10-6-5-9(17)7-12(10)18/h2-8,19H,1H3. The van der Waals surface area contributed by atoms with Gasteiger partial charge in [-0.25, -0.2) is 4.39 Å². The smallest absolute Gasteiger partial charge is 0.198 e. The Bertz CT molecular complexity index is 841. The average molecular weight is 304 g/mol. The van der Waals surface area contributed by atoms with E-state index >= 15 is 0 Å². The van der Waals surface area contributed by atoms with E-state index in [1.807, 2.05) is 12.1 Å². The minimum Gasteiger partial charge on any atom is -0.496 e. The minimum absolute atomic E-state index is 0.0220. The molecule has 106 valence electrons. The number of methoxy groups -OCH3 is 1. The molecule has 2 aromatic carbocycles. The summed E-state index contributed by atoms with van der Waals surface area (Å²) in [6.07, 6.45) is 1.56. The number of hydrogen-bond acceptors (Lipinski definition) is 2. The van der Waals surface area contributed by atoms with Crippen molar-refractivity contribution in [3.8, 4) is 5.75 Å². The molecule has 0 saturated heterocycles. The number of rotatable bonds is 3. The molecule has 3 aromatic rings. The van der Waals surface area contributed by atoms with E-state index < -0.39 is 11.6 Å². The third-order valence-electron chi connectivity index (χ3n) is 3.31. The number of aromatic amines is 1. The maximum absolute atomic E-state index is 13.9. The number of halogens is 2. The Morgan fingerprint density at radius 1 is 1.24 bits per heavy atom. The molecule has 0 radical (unpaired) electrons. The van der Waals surface area contributed by atoms with Crippen LogP contribution in [-0.4, -0.2) is 17.9 Å². The number of benzene rings is 2. The Kier molecular flexibility index (Phi) is 3.39. The molecular weight excluding hydrogens is 293 g/mol. The SMILES string of the molecule is COc1cccc2[nH]cc(C(=O)c3ccc(Cl)cc3F)c12. The Balaban J connectivity index is 2.18. The van der Waals surface area contributed by atoms with Crippen LogP contribution in [0.1, 0.15) is 15.9 Å². The maximum Gasteiger partial charge on any atom is 0.198 e. The Labute approximate surface area is 125 Å². The lowest BCUT2D eigenvalue weighted by atomic mass is 10.0. The van der Waals surface area contributed by atoms with Crippen LogP contribution in [-0.2, 0) is 0 Å². The van der Waals surface area contributed by atoms with Crippen LogP contribution in [0.4, 0.5) is 4.39 Å². The molecule has 0 bridgehead atoms. The van der Waals surface area contributed by atoms with Crippen LogP contribution in [0.5, 0.6) is 5.75 Å². The van der Waals surface area contributed by atoms with Crippen molar-refractivity contribution in [3.05, 3.63) is 64.6 Å². The number of hydrogen-bond donors (Lipinski definition) is 1. The van der Waals surface area contributed by atoms with Crippen molar-refractivity contribution in [3.63, 3.8) is 0 Å². The van der Waals surface area contributed by atoms with Crippen molar-refractivity contribution < 1.29 is 13.9 Å². The highest BCUT2D eigenvalue weighted by molar-refractivity contribution is 6.30. The zero-order valence-corrected chi connectivity index (χ0v) is 11.9. The van der Waals surface area contributed by atoms with Crippen molar-refractivity contribution in [2.75, 3.05) is 7.11 Å². The van der Waals surface area contributed by atoms with Crippen LogP contribution in [0.15, 0.2) is 42.6 Å². The number of H-pyrrole nitrogens is 1. The lowest BCUT2D eigenvalue weighted by Crippen LogP contribution is -2.04. The van der Waals surface area contributed by atoms with Gasteiger partial charge in [0.1, 0.15) is 11.6 Å². The predicted octanol–water partition coefficient (Wildman–Crippen LogP) is 4.20. The molecule has 1 N–H and O–H groups in total. The highest BCUT2D eigenvalue weighted by Gasteiger charge is 2.20. The highest BCUT2D eigenvalue weighted by Crippen LogP contribution is 2.30. The second kappa shape index (κ2) is 5.22. The molecule has 0 spiro atoms. The van der Waals surface area contributed by atoms with Gasteiger partial charge in [-0.05, 0) is 30.3 Å². The van der Waals surface area contributed by atoms with Gasteiger partial charge in [-0.1, -0.05) is 17.7 Å². The molecule has 3 nitrogen and oxygen atoms in total. The summed E-state index contributed by atoms with van der Waals surface area (Å²) in [6.45, 7) is 0. The molecule has 1 aromatic heterocycles. The third-order valence-corrected chi connectivity index (χ3v) is 3.54. The molecule has 0 aliphatic heterocycles. The monoisotopic (exact) mass is 303 g/mol. The quantitative estimate of drug-likeness (QED) is 0.737. The van der Waals surface area contributed by atoms with Gasteiger partial charge in [0.25, 0.3) is 0 Å². The van der Waals surface area contributed by atoms with Crippen molar-refractivity contribution in [2.24, 2.45) is 0 Å². The van der Waals surface area contributed by atoms with Gasteiger partial charge in [-0.15, -0.1) is 0 Å². The summed E-state index contributed by atoms with van der Waals surface area (Å²) in [5.41, 5.74) is 1.10. The molecule has 1 heterocycles. The zero-order chi connectivity index (χ0) is 15.0. The largest absolute Gasteiger partial charge is 0.496 e. The predicted molar refractivity (Wildman–Crippen MR) is 79.7 cm³/mol. The molecule has 0 fully saturated rings. The normalized spacial score (nSPS) is 10.8. The summed E-state index contributed by atoms with van der Waals surface area (Å²) in [6, 6.07) is 9.39. The van der Waals surface area contributed by atoms with Crippen molar-refractivity contribution >= 4 is 28.3 Å². The molecule has 5 heteroatoms. The van der Waals surface area contributed by atoms with Crippen LogP contribution >= 0.6 is 11.6 Å². The third kappa shape index (κ3) is 2.28. The molecule has 0 aliphatic carbocycles. The molecule has 0 saturated carbocycles. The van der Waals surface area contributed by atoms with E-state index in [2.05, 4.69) is 4.98 Å². The first-order valence-electron chi connectivity index (χ1n) is 6.25. The van der Waals surface area contributed by atoms with E-state index in [0.717, 1.165) is 11.6 Å². The van der Waals surface area contributed by atoms with Gasteiger partial charge in [0.15, 0.2) is 5.78 Å². The number of nitrogens with one attached hydrogen (secondary N) is 1. The van der Waals surface area contributed by atoms with Crippen molar-refractivity contribution in [2.45, 2.75) is 0 Å². The molecule has 3 rings (SSSR count). The second-order valence-corrected chi connectivity index (χ2v) is 4.97. The molecule has 0 amide bonds. The second-order valence-electron chi connectivity index (χ2n) is 4.54. The topological polar surface area (TPSA) is 42.1 Å². The molecule has 21 heavy (non-hydrogen) atoms. The van der Waals surface area contributed by atoms with Gasteiger partial charge >= 0.3 is 0 Å². The van der Waals surface area contributed by atoms with E-state index in [1.165, 1.54) is 19.2 Å². The van der Waals surface area contributed by atoms with E-state index in [-0.39, 0.29) is 10.6 Å². The van der Waals surface area contributed by atoms with E-state index in [4.69, 9.17) is 16.3 Å². The average Bonchev–Trinajstić information content (AvgIpc) is 2.90. The molecule has 0 unspecified atom stereocenters. The first kappa shape index (κ1) is 13.6. The van der Waals surface area contributed by atoms with E-state index in [9.17, 15) is 9.18 Å². The van der Waals surface area contributed by atoms with Crippen LogP contribution in [0.25, 0.3) is 10.9 Å². The van der Waals surface area contributed by atoms with Crippen LogP contribution < -0.4 is 4.74 Å². The first-order chi connectivity index (χ1) is 10.1. The van der Waals surface area contributed by atoms with Crippen molar-refractivity contribution in [1.29, 1.82) is 0 Å². The lowest BCUT2D eigenvalue weighted by molar-refractivity contribution is 0.103. The van der Waals surface area contributed by atoms with Crippen molar-refractivity contribution in [1.82, 2.24) is 4.98 Å². The number of ketones is 1. The van der Waals surface area contributed by atoms with Gasteiger partial charge in [0.2, 0.25) is 0 Å². The van der Waals surface area contributed by atoms with Gasteiger partial charge < -0.3 is 9.72 Å². The van der Waals surface area contributed by atoms with E-state index in [0.29, 0.717) is 16.7 Å². The number of carbonyl (C=O) groups is 1. The summed E-state index contributed by atoms with van der Waals surface area (Å²) in [5, 5.41) is 0.889. The minimum atomic E-state index is -0.642. The maximum atomic E-state index is 13.9. The summed E-state index contributed by atoms with van der Waals surface area (Å²) in [5.74, 6) is -0.497. The fourth-order valence-corrected chi connectivity index (χ4v) is 2.48. The van der Waals surface area contributed by atoms with Gasteiger partial charge in [0.05, 0.1) is 23.6 Å². The van der Waals surface area contributed by atoms with Crippen LogP contribution in [0.3, 0.4) is 0 Å². The number of ether oxygens (including phenoxy) is 1. The fraction of sp³-hybridized carbons (Fsp3) is 0.0625. The Morgan fingerprint density at radius 3 is 2.76 bits per heavy atom. The first-order valence-corrected chi connectivity index (χ1v) is 6.63. The summed E-state index contributed by atoms with van der Waals surface area (Å²) >= 11 is 5.71. The van der Waals surface area contributed by atoms with Crippen LogP contribution in [0.2, 0.25) is 5.02 Å². The summed E-state index contributed by atoms with van der Waals surface area (Å²) in [7, 11) is 1.53. The molecular formula is C16H11ClFNO2. The Morgan fingerprint density at radius 2 is 2.05 bits per heavy atom. The van der Waals surface area contributed by atoms with E-state index in [1.54, 1.807) is 12.3 Å². The number of carbonyl (C=O) groups excluding carboxylic acids is 1. The summed E-state index contributed by atoms with van der Waals surface area (Å²) < 4.78 is 19.2. The highest BCUT2D eigenvalue weighted by atomic mass is 35.5. The number of fused-ring (bicyclic) bond motifs is 1. The number of aromatic nitrogens is 1. The van der Waals surface area contributed by atoms with Gasteiger partial charge in [0, 0.05) is 16.7 Å². The molecule has 0 aliphatic rings. The van der Waals surface area contributed by atoms with Gasteiger partial charge in [-0.2, -0.15) is 0 Å². The lowest BCUT2D eigenvalue weighted by Gasteiger charge is -2.05.